The van der Waals surface area contributed by atoms with Gasteiger partial charge in [0.25, 0.3) is 0 Å². The van der Waals surface area contributed by atoms with E-state index in [-0.39, 0.29) is 17.7 Å². The number of benzene rings is 3. The normalized spacial score (nSPS) is 15.3. The van der Waals surface area contributed by atoms with Gasteiger partial charge in [0.15, 0.2) is 11.6 Å². The molecule has 0 spiro atoms. The highest BCUT2D eigenvalue weighted by molar-refractivity contribution is 5.77. The van der Waals surface area contributed by atoms with E-state index in [1.807, 2.05) is 0 Å². The molecule has 0 amide bonds. The van der Waals surface area contributed by atoms with E-state index in [2.05, 4.69) is 6.92 Å². The Bertz CT molecular complexity index is 1300. The first-order valence-electron chi connectivity index (χ1n) is 12.3. The van der Waals surface area contributed by atoms with E-state index in [1.54, 1.807) is 13.0 Å². The second kappa shape index (κ2) is 10.4. The number of alkyl halides is 4. The molecule has 37 heavy (non-hydrogen) atoms. The first-order chi connectivity index (χ1) is 17.5. The molecule has 0 fully saturated rings. The third kappa shape index (κ3) is 4.71. The predicted octanol–water partition coefficient (Wildman–Crippen LogP) is 9.23. The molecule has 0 heterocycles. The fourth-order valence-corrected chi connectivity index (χ4v) is 4.74. The van der Waals surface area contributed by atoms with Crippen LogP contribution in [0.1, 0.15) is 67.3 Å². The van der Waals surface area contributed by atoms with Gasteiger partial charge in [-0.25, -0.2) is 13.2 Å². The van der Waals surface area contributed by atoms with Gasteiger partial charge < -0.3 is 4.74 Å². The summed E-state index contributed by atoms with van der Waals surface area (Å²) in [7, 11) is 0. The number of hydrogen-bond donors (Lipinski definition) is 0. The van der Waals surface area contributed by atoms with Crippen LogP contribution in [0, 0.1) is 17.5 Å². The Balaban J connectivity index is 1.68. The molecule has 0 bridgehead atoms. The molecule has 0 aliphatic heterocycles. The third-order valence-corrected chi connectivity index (χ3v) is 6.72. The van der Waals surface area contributed by atoms with Crippen LogP contribution in [0.3, 0.4) is 0 Å². The second-order valence-corrected chi connectivity index (χ2v) is 9.33. The van der Waals surface area contributed by atoms with Crippen molar-refractivity contribution in [3.05, 3.63) is 87.7 Å². The van der Waals surface area contributed by atoms with Crippen LogP contribution < -0.4 is 4.74 Å². The number of fused-ring (bicyclic) bond motifs is 3. The zero-order valence-electron chi connectivity index (χ0n) is 20.5. The molecule has 3 aromatic carbocycles. The molecule has 0 N–H and O–H groups in total. The van der Waals surface area contributed by atoms with Crippen molar-refractivity contribution in [1.29, 1.82) is 0 Å². The number of aryl methyl sites for hydroxylation is 2. The van der Waals surface area contributed by atoms with E-state index in [4.69, 9.17) is 4.74 Å². The minimum atomic E-state index is -5.02. The Morgan fingerprint density at radius 2 is 1.27 bits per heavy atom. The van der Waals surface area contributed by atoms with E-state index in [0.29, 0.717) is 12.8 Å². The lowest BCUT2D eigenvalue weighted by atomic mass is 9.78. The zero-order chi connectivity index (χ0) is 27.0. The Morgan fingerprint density at radius 1 is 0.676 bits per heavy atom. The summed E-state index contributed by atoms with van der Waals surface area (Å²) >= 11 is 0. The van der Waals surface area contributed by atoms with Gasteiger partial charge in [-0.15, -0.1) is 0 Å². The molecule has 0 atom stereocenters. The second-order valence-electron chi connectivity index (χ2n) is 9.33. The maximum Gasteiger partial charge on any atom is 0.343 e. The van der Waals surface area contributed by atoms with Crippen molar-refractivity contribution < 1.29 is 35.5 Å². The Kier molecular flexibility index (Phi) is 7.58. The third-order valence-electron chi connectivity index (χ3n) is 6.72. The molecule has 0 radical (unpaired) electrons. The molecule has 3 aromatic rings. The van der Waals surface area contributed by atoms with Crippen LogP contribution in [-0.2, 0) is 31.3 Å². The van der Waals surface area contributed by atoms with Crippen LogP contribution in [-0.4, -0.2) is 0 Å². The lowest BCUT2D eigenvalue weighted by Gasteiger charge is -2.36. The van der Waals surface area contributed by atoms with Gasteiger partial charge in [0.1, 0.15) is 18.2 Å². The minimum absolute atomic E-state index is 0.0918. The maximum absolute atomic E-state index is 15.3. The number of unbranched alkanes of at least 4 members (excludes halogenated alkanes) is 2. The van der Waals surface area contributed by atoms with Crippen LogP contribution in [0.2, 0.25) is 0 Å². The molecule has 0 saturated heterocycles. The topological polar surface area (TPSA) is 9.23 Å². The van der Waals surface area contributed by atoms with Crippen molar-refractivity contribution in [2.75, 3.05) is 0 Å². The van der Waals surface area contributed by atoms with Crippen LogP contribution in [0.5, 0.6) is 5.75 Å². The van der Waals surface area contributed by atoms with Gasteiger partial charge >= 0.3 is 11.8 Å². The molecule has 1 aliphatic rings. The summed E-state index contributed by atoms with van der Waals surface area (Å²) in [5.74, 6) is -13.9. The van der Waals surface area contributed by atoms with Crippen molar-refractivity contribution in [3.63, 3.8) is 0 Å². The molecule has 1 aliphatic carbocycles. The molecular weight excluding hydrogens is 497 g/mol. The summed E-state index contributed by atoms with van der Waals surface area (Å²) in [5.41, 5.74) is -3.76. The summed E-state index contributed by atoms with van der Waals surface area (Å²) < 4.78 is 110. The van der Waals surface area contributed by atoms with E-state index in [0.717, 1.165) is 43.0 Å². The zero-order valence-corrected chi connectivity index (χ0v) is 20.5. The van der Waals surface area contributed by atoms with Crippen LogP contribution >= 0.6 is 0 Å². The molecular formula is C29H27F7O. The molecule has 0 aromatic heterocycles. The number of hydrogen-bond acceptors (Lipinski definition) is 1. The van der Waals surface area contributed by atoms with Crippen LogP contribution in [0.4, 0.5) is 30.7 Å². The summed E-state index contributed by atoms with van der Waals surface area (Å²) in [6.45, 7) is 3.09. The number of halogens is 7. The van der Waals surface area contributed by atoms with Gasteiger partial charge in [0.2, 0.25) is 0 Å². The van der Waals surface area contributed by atoms with Crippen molar-refractivity contribution in [1.82, 2.24) is 0 Å². The van der Waals surface area contributed by atoms with Crippen LogP contribution in [0.25, 0.3) is 11.1 Å². The van der Waals surface area contributed by atoms with Gasteiger partial charge in [-0.2, -0.15) is 17.6 Å². The molecule has 0 unspecified atom stereocenters. The van der Waals surface area contributed by atoms with E-state index in [1.165, 1.54) is 18.2 Å². The smallest absolute Gasteiger partial charge is 0.343 e. The summed E-state index contributed by atoms with van der Waals surface area (Å²) in [6, 6.07) is 8.84. The molecule has 8 heteroatoms. The monoisotopic (exact) mass is 524 g/mol. The van der Waals surface area contributed by atoms with Crippen molar-refractivity contribution in [3.8, 4) is 16.9 Å². The Hall–Kier alpha value is -3.03. The quantitative estimate of drug-likeness (QED) is 0.200. The predicted molar refractivity (Wildman–Crippen MR) is 128 cm³/mol. The highest BCUT2D eigenvalue weighted by Crippen LogP contribution is 2.59. The van der Waals surface area contributed by atoms with Crippen molar-refractivity contribution in [2.45, 2.75) is 70.8 Å². The van der Waals surface area contributed by atoms with Crippen LogP contribution in [0.15, 0.2) is 42.5 Å². The van der Waals surface area contributed by atoms with E-state index < -0.39 is 63.7 Å². The van der Waals surface area contributed by atoms with Gasteiger partial charge in [-0.1, -0.05) is 63.4 Å². The average molecular weight is 525 g/mol. The van der Waals surface area contributed by atoms with Gasteiger partial charge in [-0.05, 0) is 53.6 Å². The van der Waals surface area contributed by atoms with Crippen molar-refractivity contribution >= 4 is 0 Å². The first kappa shape index (κ1) is 27.0. The van der Waals surface area contributed by atoms with Gasteiger partial charge in [-0.3, -0.25) is 0 Å². The fourth-order valence-electron chi connectivity index (χ4n) is 4.74. The molecule has 198 valence electrons. The SMILES string of the molecule is CCCCCc1ccc(OCc2ccc3c(c2F)C(F)(F)C(F)(F)c2c-3ccc(CCC)c2F)c(F)c1. The standard InChI is InChI=1S/C29H27F7O/c1-3-5-6-8-17-9-14-23(22(30)15-17)37-16-19-11-13-21-20-12-10-18(7-4-2)26(31)24(20)28(33,34)29(35,36)25(21)27(19)32/h9-15H,3-8,16H2,1-2H3. The van der Waals surface area contributed by atoms with Gasteiger partial charge in [0.05, 0.1) is 11.1 Å². The number of rotatable bonds is 9. The minimum Gasteiger partial charge on any atom is -0.486 e. The summed E-state index contributed by atoms with van der Waals surface area (Å²) in [6.07, 6.45) is 4.10. The molecule has 4 rings (SSSR count). The summed E-state index contributed by atoms with van der Waals surface area (Å²) in [5, 5.41) is 0. The Labute approximate surface area is 211 Å². The number of ether oxygens (including phenoxy) is 1. The van der Waals surface area contributed by atoms with Crippen molar-refractivity contribution in [2.24, 2.45) is 0 Å². The van der Waals surface area contributed by atoms with E-state index in [9.17, 15) is 8.78 Å². The average Bonchev–Trinajstić information content (AvgIpc) is 2.84. The lowest BCUT2D eigenvalue weighted by Crippen LogP contribution is -2.41. The van der Waals surface area contributed by atoms with Gasteiger partial charge in [0, 0.05) is 5.56 Å². The largest absolute Gasteiger partial charge is 0.486 e. The lowest BCUT2D eigenvalue weighted by molar-refractivity contribution is -0.227. The van der Waals surface area contributed by atoms with E-state index >= 15 is 22.0 Å². The fraction of sp³-hybridized carbons (Fsp3) is 0.379. The molecule has 1 nitrogen and oxygen atoms in total. The molecule has 0 saturated carbocycles. The maximum atomic E-state index is 15.3. The first-order valence-corrected chi connectivity index (χ1v) is 12.3. The highest BCUT2D eigenvalue weighted by atomic mass is 19.3. The highest BCUT2D eigenvalue weighted by Gasteiger charge is 2.65. The Morgan fingerprint density at radius 3 is 1.84 bits per heavy atom. The summed E-state index contributed by atoms with van der Waals surface area (Å²) in [4.78, 5) is 0.